The summed E-state index contributed by atoms with van der Waals surface area (Å²) in [5.74, 6) is 0.581. The third-order valence-electron chi connectivity index (χ3n) is 4.29. The van der Waals surface area contributed by atoms with Gasteiger partial charge in [-0.1, -0.05) is 6.92 Å². The van der Waals surface area contributed by atoms with Crippen molar-refractivity contribution in [2.75, 3.05) is 32.7 Å². The van der Waals surface area contributed by atoms with Gasteiger partial charge >= 0.3 is 0 Å². The van der Waals surface area contributed by atoms with Gasteiger partial charge < -0.3 is 4.90 Å². The van der Waals surface area contributed by atoms with E-state index in [4.69, 9.17) is 0 Å². The zero-order chi connectivity index (χ0) is 12.4. The van der Waals surface area contributed by atoms with Crippen molar-refractivity contribution < 1.29 is 0 Å². The molecule has 0 saturated carbocycles. The van der Waals surface area contributed by atoms with E-state index in [2.05, 4.69) is 27.1 Å². The predicted octanol–water partition coefficient (Wildman–Crippen LogP) is 2.42. The monoisotopic (exact) mass is 265 g/mol. The normalized spacial score (nSPS) is 27.9. The maximum absolute atomic E-state index is 4.45. The molecule has 0 radical (unpaired) electrons. The van der Waals surface area contributed by atoms with Gasteiger partial charge in [0.05, 0.1) is 5.01 Å². The van der Waals surface area contributed by atoms with Gasteiger partial charge in [-0.05, 0) is 38.9 Å². The van der Waals surface area contributed by atoms with Gasteiger partial charge in [0.25, 0.3) is 0 Å². The minimum atomic E-state index is 0.581. The van der Waals surface area contributed by atoms with Crippen LogP contribution in [-0.4, -0.2) is 53.5 Å². The van der Waals surface area contributed by atoms with Crippen LogP contribution >= 0.6 is 11.3 Å². The highest BCUT2D eigenvalue weighted by molar-refractivity contribution is 7.09. The fraction of sp³-hybridized carbons (Fsp3) is 0.786. The molecule has 3 heterocycles. The summed E-state index contributed by atoms with van der Waals surface area (Å²) in [5.41, 5.74) is 0. The van der Waals surface area contributed by atoms with E-state index in [9.17, 15) is 0 Å². The largest absolute Gasteiger partial charge is 0.301 e. The average Bonchev–Trinajstić information content (AvgIpc) is 2.99. The van der Waals surface area contributed by atoms with Gasteiger partial charge in [-0.3, -0.25) is 4.90 Å². The molecular weight excluding hydrogens is 242 g/mol. The van der Waals surface area contributed by atoms with Crippen LogP contribution in [0.4, 0.5) is 0 Å². The second kappa shape index (κ2) is 5.68. The second-order valence-electron chi connectivity index (χ2n) is 5.72. The molecule has 0 aromatic carbocycles. The molecule has 2 unspecified atom stereocenters. The van der Waals surface area contributed by atoms with Gasteiger partial charge in [0.15, 0.2) is 0 Å². The summed E-state index contributed by atoms with van der Waals surface area (Å²) in [7, 11) is 0. The fourth-order valence-corrected chi connectivity index (χ4v) is 4.08. The topological polar surface area (TPSA) is 19.4 Å². The van der Waals surface area contributed by atoms with Gasteiger partial charge in [-0.15, -0.1) is 11.3 Å². The molecule has 0 spiro atoms. The standard InChI is InChI=1S/C14H23N3S/c1-12(14-15-5-9-18-14)10-16-6-3-8-17-7-2-4-13(17)11-16/h5,9,12-13H,2-4,6-8,10-11H2,1H3. The molecule has 2 fully saturated rings. The van der Waals surface area contributed by atoms with Crippen molar-refractivity contribution >= 4 is 11.3 Å². The quantitative estimate of drug-likeness (QED) is 0.836. The molecule has 100 valence electrons. The van der Waals surface area contributed by atoms with Crippen LogP contribution in [0.2, 0.25) is 0 Å². The summed E-state index contributed by atoms with van der Waals surface area (Å²) >= 11 is 1.80. The minimum Gasteiger partial charge on any atom is -0.301 e. The Morgan fingerprint density at radius 2 is 2.28 bits per heavy atom. The molecule has 2 aliphatic rings. The van der Waals surface area contributed by atoms with Crippen molar-refractivity contribution in [3.8, 4) is 0 Å². The lowest BCUT2D eigenvalue weighted by Gasteiger charge is -2.27. The van der Waals surface area contributed by atoms with Crippen molar-refractivity contribution in [1.29, 1.82) is 0 Å². The van der Waals surface area contributed by atoms with Crippen LogP contribution in [0.3, 0.4) is 0 Å². The SMILES string of the molecule is CC(CN1CCCN2CCCC2C1)c1nccs1. The van der Waals surface area contributed by atoms with E-state index >= 15 is 0 Å². The lowest BCUT2D eigenvalue weighted by atomic mass is 10.1. The van der Waals surface area contributed by atoms with Crippen LogP contribution < -0.4 is 0 Å². The Morgan fingerprint density at radius 3 is 3.11 bits per heavy atom. The lowest BCUT2D eigenvalue weighted by Crippen LogP contribution is -2.38. The van der Waals surface area contributed by atoms with Gasteiger partial charge in [-0.25, -0.2) is 4.98 Å². The molecule has 0 amide bonds. The molecular formula is C14H23N3S. The molecule has 2 saturated heterocycles. The van der Waals surface area contributed by atoms with Crippen molar-refractivity contribution in [3.05, 3.63) is 16.6 Å². The van der Waals surface area contributed by atoms with Gasteiger partial charge in [-0.2, -0.15) is 0 Å². The molecule has 18 heavy (non-hydrogen) atoms. The first-order valence-corrected chi connectivity index (χ1v) is 8.06. The Bertz CT molecular complexity index is 365. The smallest absolute Gasteiger partial charge is 0.0965 e. The molecule has 0 N–H and O–H groups in total. The van der Waals surface area contributed by atoms with E-state index < -0.39 is 0 Å². The van der Waals surface area contributed by atoms with Crippen molar-refractivity contribution in [3.63, 3.8) is 0 Å². The molecule has 1 aromatic heterocycles. The summed E-state index contributed by atoms with van der Waals surface area (Å²) in [5, 5.41) is 3.38. The summed E-state index contributed by atoms with van der Waals surface area (Å²) in [6.45, 7) is 8.68. The van der Waals surface area contributed by atoms with Crippen LogP contribution in [0.25, 0.3) is 0 Å². The predicted molar refractivity (Wildman–Crippen MR) is 76.2 cm³/mol. The molecule has 0 aliphatic carbocycles. The Balaban J connectivity index is 1.58. The molecule has 3 nitrogen and oxygen atoms in total. The summed E-state index contributed by atoms with van der Waals surface area (Å²) in [4.78, 5) is 9.82. The number of rotatable bonds is 3. The summed E-state index contributed by atoms with van der Waals surface area (Å²) < 4.78 is 0. The maximum atomic E-state index is 4.45. The van der Waals surface area contributed by atoms with E-state index in [-0.39, 0.29) is 0 Å². The molecule has 3 rings (SSSR count). The first kappa shape index (κ1) is 12.6. The van der Waals surface area contributed by atoms with Crippen LogP contribution in [0, 0.1) is 0 Å². The Labute approximate surface area is 114 Å². The lowest BCUT2D eigenvalue weighted by molar-refractivity contribution is 0.214. The van der Waals surface area contributed by atoms with Crippen molar-refractivity contribution in [2.45, 2.75) is 38.1 Å². The third kappa shape index (κ3) is 2.76. The van der Waals surface area contributed by atoms with E-state index in [0.29, 0.717) is 5.92 Å². The number of fused-ring (bicyclic) bond motifs is 1. The van der Waals surface area contributed by atoms with E-state index in [0.717, 1.165) is 6.04 Å². The van der Waals surface area contributed by atoms with E-state index in [1.807, 2.05) is 6.20 Å². The highest BCUT2D eigenvalue weighted by Crippen LogP contribution is 2.24. The highest BCUT2D eigenvalue weighted by atomic mass is 32.1. The Hall–Kier alpha value is -0.450. The third-order valence-corrected chi connectivity index (χ3v) is 5.30. The van der Waals surface area contributed by atoms with Crippen LogP contribution in [0.15, 0.2) is 11.6 Å². The number of nitrogens with zero attached hydrogens (tertiary/aromatic N) is 3. The van der Waals surface area contributed by atoms with Crippen LogP contribution in [0.5, 0.6) is 0 Å². The Kier molecular flexibility index (Phi) is 3.97. The molecule has 4 heteroatoms. The van der Waals surface area contributed by atoms with E-state index in [1.54, 1.807) is 11.3 Å². The number of thiazole rings is 1. The maximum Gasteiger partial charge on any atom is 0.0965 e. The van der Waals surface area contributed by atoms with E-state index in [1.165, 1.54) is 57.0 Å². The number of hydrogen-bond acceptors (Lipinski definition) is 4. The van der Waals surface area contributed by atoms with Gasteiger partial charge in [0, 0.05) is 36.6 Å². The highest BCUT2D eigenvalue weighted by Gasteiger charge is 2.29. The Morgan fingerprint density at radius 1 is 1.39 bits per heavy atom. The van der Waals surface area contributed by atoms with Gasteiger partial charge in [0.1, 0.15) is 0 Å². The first-order valence-electron chi connectivity index (χ1n) is 7.19. The number of hydrogen-bond donors (Lipinski definition) is 0. The fourth-order valence-electron chi connectivity index (χ4n) is 3.39. The minimum absolute atomic E-state index is 0.581. The second-order valence-corrected chi connectivity index (χ2v) is 6.64. The summed E-state index contributed by atoms with van der Waals surface area (Å²) in [6, 6.07) is 0.830. The average molecular weight is 265 g/mol. The molecule has 1 aromatic rings. The zero-order valence-corrected chi connectivity index (χ0v) is 12.0. The van der Waals surface area contributed by atoms with Gasteiger partial charge in [0.2, 0.25) is 0 Å². The molecule has 2 atom stereocenters. The van der Waals surface area contributed by atoms with Crippen molar-refractivity contribution in [2.24, 2.45) is 0 Å². The van der Waals surface area contributed by atoms with Crippen LogP contribution in [-0.2, 0) is 0 Å². The first-order chi connectivity index (χ1) is 8.83. The molecule has 0 bridgehead atoms. The summed E-state index contributed by atoms with van der Waals surface area (Å²) in [6.07, 6.45) is 6.07. The van der Waals surface area contributed by atoms with Crippen LogP contribution in [0.1, 0.15) is 37.1 Å². The number of aromatic nitrogens is 1. The zero-order valence-electron chi connectivity index (χ0n) is 11.2. The molecule has 2 aliphatic heterocycles. The van der Waals surface area contributed by atoms with Crippen molar-refractivity contribution in [1.82, 2.24) is 14.8 Å².